The van der Waals surface area contributed by atoms with Crippen LogP contribution in [0.4, 0.5) is 0 Å². The van der Waals surface area contributed by atoms with Crippen molar-refractivity contribution in [3.05, 3.63) is 24.2 Å². The summed E-state index contributed by atoms with van der Waals surface area (Å²) in [4.78, 5) is 2.56. The monoisotopic (exact) mass is 236 g/mol. The summed E-state index contributed by atoms with van der Waals surface area (Å²) in [6.45, 7) is 6.75. The zero-order valence-corrected chi connectivity index (χ0v) is 10.9. The fraction of sp³-hybridized carbons (Fsp3) is 0.714. The van der Waals surface area contributed by atoms with E-state index in [9.17, 15) is 0 Å². The minimum atomic E-state index is 0.314. The third kappa shape index (κ3) is 3.33. The average molecular weight is 236 g/mol. The van der Waals surface area contributed by atoms with Gasteiger partial charge in [-0.05, 0) is 51.3 Å². The normalized spacial score (nSPS) is 25.7. The SMILES string of the molecule is CC(N)C1CCCN(C(C)Cc2ccco2)C1. The van der Waals surface area contributed by atoms with E-state index >= 15 is 0 Å². The Labute approximate surface area is 104 Å². The Morgan fingerprint density at radius 3 is 3.00 bits per heavy atom. The fourth-order valence-electron chi connectivity index (χ4n) is 2.72. The number of nitrogens with zero attached hydrogens (tertiary/aromatic N) is 1. The molecule has 1 saturated heterocycles. The molecule has 0 radical (unpaired) electrons. The van der Waals surface area contributed by atoms with Crippen LogP contribution < -0.4 is 5.73 Å². The van der Waals surface area contributed by atoms with Crippen LogP contribution in [0.3, 0.4) is 0 Å². The lowest BCUT2D eigenvalue weighted by molar-refractivity contribution is 0.118. The van der Waals surface area contributed by atoms with E-state index in [-0.39, 0.29) is 0 Å². The van der Waals surface area contributed by atoms with E-state index in [1.54, 1.807) is 6.26 Å². The van der Waals surface area contributed by atoms with Gasteiger partial charge in [0.05, 0.1) is 6.26 Å². The summed E-state index contributed by atoms with van der Waals surface area (Å²) in [5, 5.41) is 0. The minimum Gasteiger partial charge on any atom is -0.469 e. The zero-order valence-electron chi connectivity index (χ0n) is 10.9. The molecule has 3 nitrogen and oxygen atoms in total. The van der Waals surface area contributed by atoms with Crippen LogP contribution in [0.5, 0.6) is 0 Å². The molecule has 3 heteroatoms. The molecule has 17 heavy (non-hydrogen) atoms. The molecular formula is C14H24N2O. The molecule has 1 fully saturated rings. The highest BCUT2D eigenvalue weighted by Gasteiger charge is 2.25. The van der Waals surface area contributed by atoms with Gasteiger partial charge in [0.1, 0.15) is 5.76 Å². The molecule has 96 valence electrons. The third-order valence-corrected chi connectivity index (χ3v) is 3.93. The first kappa shape index (κ1) is 12.7. The number of furan rings is 1. The smallest absolute Gasteiger partial charge is 0.105 e. The van der Waals surface area contributed by atoms with Gasteiger partial charge in [-0.25, -0.2) is 0 Å². The standard InChI is InChI=1S/C14H24N2O/c1-11(9-14-6-4-8-17-14)16-7-3-5-13(10-16)12(2)15/h4,6,8,11-13H,3,5,7,9-10,15H2,1-2H3. The van der Waals surface area contributed by atoms with Gasteiger partial charge in [-0.3, -0.25) is 4.90 Å². The minimum absolute atomic E-state index is 0.314. The lowest BCUT2D eigenvalue weighted by Crippen LogP contribution is -2.46. The second kappa shape index (κ2) is 5.69. The van der Waals surface area contributed by atoms with Crippen molar-refractivity contribution in [2.45, 2.75) is 45.2 Å². The first-order valence-electron chi connectivity index (χ1n) is 6.69. The van der Waals surface area contributed by atoms with Crippen molar-refractivity contribution in [1.82, 2.24) is 4.90 Å². The Hall–Kier alpha value is -0.800. The molecule has 3 unspecified atom stereocenters. The fourth-order valence-corrected chi connectivity index (χ4v) is 2.72. The largest absolute Gasteiger partial charge is 0.469 e. The average Bonchev–Trinajstić information content (AvgIpc) is 2.82. The Bertz CT molecular complexity index is 321. The van der Waals surface area contributed by atoms with Crippen molar-refractivity contribution in [3.63, 3.8) is 0 Å². The van der Waals surface area contributed by atoms with Gasteiger partial charge in [0, 0.05) is 25.0 Å². The second-order valence-electron chi connectivity index (χ2n) is 5.39. The molecule has 3 atom stereocenters. The van der Waals surface area contributed by atoms with Crippen LogP contribution in [-0.4, -0.2) is 30.1 Å². The lowest BCUT2D eigenvalue weighted by atomic mass is 9.91. The number of rotatable bonds is 4. The molecule has 0 aliphatic carbocycles. The molecule has 1 aromatic heterocycles. The molecule has 1 aromatic rings. The number of hydrogen-bond acceptors (Lipinski definition) is 3. The number of nitrogens with two attached hydrogens (primary N) is 1. The summed E-state index contributed by atoms with van der Waals surface area (Å²) in [5.41, 5.74) is 6.02. The van der Waals surface area contributed by atoms with Gasteiger partial charge in [-0.2, -0.15) is 0 Å². The summed E-state index contributed by atoms with van der Waals surface area (Å²) in [7, 11) is 0. The maximum absolute atomic E-state index is 6.02. The highest BCUT2D eigenvalue weighted by Crippen LogP contribution is 2.21. The van der Waals surface area contributed by atoms with Gasteiger partial charge in [0.25, 0.3) is 0 Å². The van der Waals surface area contributed by atoms with Crippen LogP contribution in [0.25, 0.3) is 0 Å². The molecule has 0 bridgehead atoms. The Morgan fingerprint density at radius 2 is 2.35 bits per heavy atom. The molecule has 1 aliphatic rings. The van der Waals surface area contributed by atoms with Crippen LogP contribution in [0.2, 0.25) is 0 Å². The van der Waals surface area contributed by atoms with Crippen molar-refractivity contribution in [1.29, 1.82) is 0 Å². The van der Waals surface area contributed by atoms with Crippen molar-refractivity contribution in [2.75, 3.05) is 13.1 Å². The van der Waals surface area contributed by atoms with Crippen LogP contribution in [-0.2, 0) is 6.42 Å². The number of hydrogen-bond donors (Lipinski definition) is 1. The maximum Gasteiger partial charge on any atom is 0.105 e. The highest BCUT2D eigenvalue weighted by atomic mass is 16.3. The number of piperidine rings is 1. The van der Waals surface area contributed by atoms with E-state index < -0.39 is 0 Å². The zero-order chi connectivity index (χ0) is 12.3. The molecule has 0 spiro atoms. The first-order valence-corrected chi connectivity index (χ1v) is 6.69. The Balaban J connectivity index is 1.88. The molecule has 2 N–H and O–H groups in total. The van der Waals surface area contributed by atoms with E-state index in [0.717, 1.165) is 18.7 Å². The first-order chi connectivity index (χ1) is 8.16. The van der Waals surface area contributed by atoms with Crippen molar-refractivity contribution >= 4 is 0 Å². The van der Waals surface area contributed by atoms with Crippen molar-refractivity contribution < 1.29 is 4.42 Å². The van der Waals surface area contributed by atoms with Crippen LogP contribution in [0, 0.1) is 5.92 Å². The van der Waals surface area contributed by atoms with Crippen molar-refractivity contribution in [3.8, 4) is 0 Å². The van der Waals surface area contributed by atoms with E-state index in [0.29, 0.717) is 18.0 Å². The van der Waals surface area contributed by atoms with Gasteiger partial charge in [0.15, 0.2) is 0 Å². The molecular weight excluding hydrogens is 212 g/mol. The topological polar surface area (TPSA) is 42.4 Å². The predicted octanol–water partition coefficient (Wildman–Crippen LogP) is 2.27. The number of likely N-dealkylation sites (tertiary alicyclic amines) is 1. The van der Waals surface area contributed by atoms with E-state index in [4.69, 9.17) is 10.2 Å². The van der Waals surface area contributed by atoms with Gasteiger partial charge >= 0.3 is 0 Å². The summed E-state index contributed by atoms with van der Waals surface area (Å²) in [5.74, 6) is 1.74. The summed E-state index contributed by atoms with van der Waals surface area (Å²) in [6.07, 6.45) is 5.30. The molecule has 2 rings (SSSR count). The van der Waals surface area contributed by atoms with E-state index in [1.165, 1.54) is 19.4 Å². The summed E-state index contributed by atoms with van der Waals surface area (Å²) in [6, 6.07) is 4.88. The van der Waals surface area contributed by atoms with E-state index in [1.807, 2.05) is 6.07 Å². The summed E-state index contributed by atoms with van der Waals surface area (Å²) >= 11 is 0. The van der Waals surface area contributed by atoms with Gasteiger partial charge in [0.2, 0.25) is 0 Å². The highest BCUT2D eigenvalue weighted by molar-refractivity contribution is 5.00. The van der Waals surface area contributed by atoms with Crippen LogP contribution >= 0.6 is 0 Å². The van der Waals surface area contributed by atoms with E-state index in [2.05, 4.69) is 24.8 Å². The molecule has 0 aromatic carbocycles. The predicted molar refractivity (Wildman–Crippen MR) is 69.8 cm³/mol. The molecule has 2 heterocycles. The third-order valence-electron chi connectivity index (χ3n) is 3.93. The molecule has 0 amide bonds. The lowest BCUT2D eigenvalue weighted by Gasteiger charge is -2.38. The maximum atomic E-state index is 6.02. The van der Waals surface area contributed by atoms with Gasteiger partial charge in [-0.1, -0.05) is 0 Å². The quantitative estimate of drug-likeness (QED) is 0.872. The summed E-state index contributed by atoms with van der Waals surface area (Å²) < 4.78 is 5.42. The Morgan fingerprint density at radius 1 is 1.53 bits per heavy atom. The van der Waals surface area contributed by atoms with Crippen LogP contribution in [0.15, 0.2) is 22.8 Å². The van der Waals surface area contributed by atoms with Gasteiger partial charge < -0.3 is 10.2 Å². The van der Waals surface area contributed by atoms with Crippen molar-refractivity contribution in [2.24, 2.45) is 11.7 Å². The molecule has 0 saturated carbocycles. The van der Waals surface area contributed by atoms with Crippen LogP contribution in [0.1, 0.15) is 32.4 Å². The second-order valence-corrected chi connectivity index (χ2v) is 5.39. The van der Waals surface area contributed by atoms with Gasteiger partial charge in [-0.15, -0.1) is 0 Å². The molecule has 1 aliphatic heterocycles. The Kier molecular flexibility index (Phi) is 4.24.